The van der Waals surface area contributed by atoms with Crippen molar-refractivity contribution < 1.29 is 4.79 Å². The molecule has 1 saturated carbocycles. The first-order chi connectivity index (χ1) is 13.6. The van der Waals surface area contributed by atoms with Crippen LogP contribution >= 0.6 is 15.9 Å². The minimum absolute atomic E-state index is 0.131. The van der Waals surface area contributed by atoms with Crippen molar-refractivity contribution >= 4 is 32.9 Å². The average Bonchev–Trinajstić information content (AvgIpc) is 3.07. The summed E-state index contributed by atoms with van der Waals surface area (Å²) in [6.45, 7) is 2.76. The molecule has 1 atom stereocenters. The van der Waals surface area contributed by atoms with Crippen molar-refractivity contribution in [2.75, 3.05) is 0 Å². The Morgan fingerprint density at radius 1 is 1.18 bits per heavy atom. The number of nitrogens with one attached hydrogen (secondary N) is 1. The number of aromatic nitrogens is 2. The average molecular weight is 440 g/mol. The van der Waals surface area contributed by atoms with E-state index in [1.54, 1.807) is 0 Å². The predicted octanol–water partition coefficient (Wildman–Crippen LogP) is 5.60. The van der Waals surface area contributed by atoms with Crippen LogP contribution in [-0.4, -0.2) is 15.5 Å². The molecular formula is C23H26BrN3O. The van der Waals surface area contributed by atoms with Crippen molar-refractivity contribution in [2.24, 2.45) is 5.92 Å². The Morgan fingerprint density at radius 2 is 1.96 bits per heavy atom. The highest BCUT2D eigenvalue weighted by molar-refractivity contribution is 9.10. The molecule has 28 heavy (non-hydrogen) atoms. The largest absolute Gasteiger partial charge is 0.346 e. The third-order valence-electron chi connectivity index (χ3n) is 5.64. The lowest BCUT2D eigenvalue weighted by Crippen LogP contribution is -2.35. The summed E-state index contributed by atoms with van der Waals surface area (Å²) >= 11 is 3.56. The van der Waals surface area contributed by atoms with E-state index in [0.29, 0.717) is 0 Å². The summed E-state index contributed by atoms with van der Waals surface area (Å²) in [5.41, 5.74) is 3.26. The van der Waals surface area contributed by atoms with Crippen LogP contribution in [0.4, 0.5) is 0 Å². The van der Waals surface area contributed by atoms with Crippen molar-refractivity contribution in [1.29, 1.82) is 0 Å². The highest BCUT2D eigenvalue weighted by Gasteiger charge is 2.24. The molecule has 2 aromatic carbocycles. The SMILES string of the molecule is CC(NC(=O)C1CCCCC1)c1nc2ccccc2n1Cc1cccc(Br)c1. The zero-order chi connectivity index (χ0) is 19.5. The number of fused-ring (bicyclic) bond motifs is 1. The van der Waals surface area contributed by atoms with E-state index in [4.69, 9.17) is 4.98 Å². The van der Waals surface area contributed by atoms with Crippen LogP contribution < -0.4 is 5.32 Å². The Balaban J connectivity index is 1.62. The van der Waals surface area contributed by atoms with E-state index in [9.17, 15) is 4.79 Å². The normalized spacial score (nSPS) is 16.2. The number of imidazole rings is 1. The molecule has 4 rings (SSSR count). The number of rotatable bonds is 5. The maximum absolute atomic E-state index is 12.8. The fourth-order valence-electron chi connectivity index (χ4n) is 4.17. The van der Waals surface area contributed by atoms with Gasteiger partial charge in [-0.2, -0.15) is 0 Å². The third-order valence-corrected chi connectivity index (χ3v) is 6.13. The molecule has 146 valence electrons. The van der Waals surface area contributed by atoms with Gasteiger partial charge in [0.2, 0.25) is 5.91 Å². The monoisotopic (exact) mass is 439 g/mol. The first-order valence-electron chi connectivity index (χ1n) is 10.1. The van der Waals surface area contributed by atoms with Crippen molar-refractivity contribution in [1.82, 2.24) is 14.9 Å². The summed E-state index contributed by atoms with van der Waals surface area (Å²) in [6, 6.07) is 16.4. The fourth-order valence-corrected chi connectivity index (χ4v) is 4.62. The summed E-state index contributed by atoms with van der Waals surface area (Å²) in [4.78, 5) is 17.6. The number of carbonyl (C=O) groups is 1. The van der Waals surface area contributed by atoms with E-state index < -0.39 is 0 Å². The van der Waals surface area contributed by atoms with Crippen LogP contribution in [0.2, 0.25) is 0 Å². The minimum Gasteiger partial charge on any atom is -0.346 e. The molecule has 0 bridgehead atoms. The molecule has 4 nitrogen and oxygen atoms in total. The van der Waals surface area contributed by atoms with Gasteiger partial charge in [-0.05, 0) is 49.6 Å². The Hall–Kier alpha value is -2.14. The van der Waals surface area contributed by atoms with Gasteiger partial charge in [0.25, 0.3) is 0 Å². The van der Waals surface area contributed by atoms with E-state index in [1.165, 1.54) is 12.0 Å². The number of nitrogens with zero attached hydrogens (tertiary/aromatic N) is 2. The summed E-state index contributed by atoms with van der Waals surface area (Å²) in [6.07, 6.45) is 5.59. The van der Waals surface area contributed by atoms with E-state index in [0.717, 1.165) is 53.6 Å². The molecule has 1 amide bonds. The fraction of sp³-hybridized carbons (Fsp3) is 0.391. The number of hydrogen-bond acceptors (Lipinski definition) is 2. The lowest BCUT2D eigenvalue weighted by Gasteiger charge is -2.23. The third kappa shape index (κ3) is 4.14. The molecule has 0 aliphatic heterocycles. The molecule has 0 radical (unpaired) electrons. The Morgan fingerprint density at radius 3 is 2.75 bits per heavy atom. The molecule has 1 N–H and O–H groups in total. The van der Waals surface area contributed by atoms with Gasteiger partial charge in [0.05, 0.1) is 17.1 Å². The van der Waals surface area contributed by atoms with E-state index in [1.807, 2.05) is 37.3 Å². The van der Waals surface area contributed by atoms with Crippen LogP contribution in [0.15, 0.2) is 53.0 Å². The molecule has 3 aromatic rings. The van der Waals surface area contributed by atoms with Gasteiger partial charge in [-0.25, -0.2) is 4.98 Å². The van der Waals surface area contributed by atoms with Crippen molar-refractivity contribution in [3.8, 4) is 0 Å². The molecule has 1 fully saturated rings. The zero-order valence-electron chi connectivity index (χ0n) is 16.2. The van der Waals surface area contributed by atoms with Gasteiger partial charge in [0, 0.05) is 16.9 Å². The number of halogens is 1. The molecule has 1 aliphatic rings. The zero-order valence-corrected chi connectivity index (χ0v) is 17.8. The van der Waals surface area contributed by atoms with Crippen LogP contribution in [0, 0.1) is 5.92 Å². The van der Waals surface area contributed by atoms with Crippen LogP contribution in [0.5, 0.6) is 0 Å². The topological polar surface area (TPSA) is 46.9 Å². The summed E-state index contributed by atoms with van der Waals surface area (Å²) in [7, 11) is 0. The highest BCUT2D eigenvalue weighted by atomic mass is 79.9. The van der Waals surface area contributed by atoms with Crippen molar-refractivity contribution in [2.45, 2.75) is 51.6 Å². The number of carbonyl (C=O) groups excluding carboxylic acids is 1. The number of benzene rings is 2. The highest BCUT2D eigenvalue weighted by Crippen LogP contribution is 2.26. The molecule has 0 saturated heterocycles. The maximum Gasteiger partial charge on any atom is 0.223 e. The molecular weight excluding hydrogens is 414 g/mol. The van der Waals surface area contributed by atoms with Gasteiger partial charge in [0.15, 0.2) is 0 Å². The lowest BCUT2D eigenvalue weighted by atomic mass is 9.88. The van der Waals surface area contributed by atoms with Gasteiger partial charge in [-0.15, -0.1) is 0 Å². The van der Waals surface area contributed by atoms with Crippen LogP contribution in [-0.2, 0) is 11.3 Å². The number of para-hydroxylation sites is 2. The van der Waals surface area contributed by atoms with Crippen LogP contribution in [0.3, 0.4) is 0 Å². The van der Waals surface area contributed by atoms with E-state index in [2.05, 4.69) is 44.0 Å². The van der Waals surface area contributed by atoms with E-state index in [-0.39, 0.29) is 17.9 Å². The molecule has 0 spiro atoms. The molecule has 5 heteroatoms. The number of amides is 1. The van der Waals surface area contributed by atoms with Gasteiger partial charge in [0.1, 0.15) is 5.82 Å². The smallest absolute Gasteiger partial charge is 0.223 e. The van der Waals surface area contributed by atoms with Gasteiger partial charge in [-0.1, -0.05) is 59.5 Å². The molecule has 1 unspecified atom stereocenters. The predicted molar refractivity (Wildman–Crippen MR) is 116 cm³/mol. The number of hydrogen-bond donors (Lipinski definition) is 1. The minimum atomic E-state index is -0.131. The Kier molecular flexibility index (Phi) is 5.81. The van der Waals surface area contributed by atoms with Crippen LogP contribution in [0.1, 0.15) is 56.5 Å². The quantitative estimate of drug-likeness (QED) is 0.561. The van der Waals surface area contributed by atoms with Gasteiger partial charge >= 0.3 is 0 Å². The van der Waals surface area contributed by atoms with Crippen molar-refractivity contribution in [3.63, 3.8) is 0 Å². The first kappa shape index (κ1) is 19.2. The first-order valence-corrected chi connectivity index (χ1v) is 10.9. The second kappa shape index (κ2) is 8.48. The Bertz CT molecular complexity index is 975. The lowest BCUT2D eigenvalue weighted by molar-refractivity contribution is -0.126. The molecule has 1 aromatic heterocycles. The maximum atomic E-state index is 12.8. The summed E-state index contributed by atoms with van der Waals surface area (Å²) in [5, 5.41) is 3.23. The van der Waals surface area contributed by atoms with Gasteiger partial charge in [-0.3, -0.25) is 4.79 Å². The standard InChI is InChI=1S/C23H26BrN3O/c1-16(25-23(28)18-9-3-2-4-10-18)22-26-20-12-5-6-13-21(20)27(22)15-17-8-7-11-19(24)14-17/h5-8,11-14,16,18H,2-4,9-10,15H2,1H3,(H,25,28). The van der Waals surface area contributed by atoms with Gasteiger partial charge < -0.3 is 9.88 Å². The second-order valence-corrected chi connectivity index (χ2v) is 8.66. The van der Waals surface area contributed by atoms with Crippen molar-refractivity contribution in [3.05, 3.63) is 64.4 Å². The van der Waals surface area contributed by atoms with E-state index >= 15 is 0 Å². The second-order valence-electron chi connectivity index (χ2n) is 7.74. The summed E-state index contributed by atoms with van der Waals surface area (Å²) in [5.74, 6) is 1.23. The Labute approximate surface area is 174 Å². The van der Waals surface area contributed by atoms with Crippen LogP contribution in [0.25, 0.3) is 11.0 Å². The summed E-state index contributed by atoms with van der Waals surface area (Å²) < 4.78 is 3.29. The molecule has 1 aliphatic carbocycles. The molecule has 1 heterocycles.